The molecule has 0 spiro atoms. The fraction of sp³-hybridized carbons (Fsp3) is 0.286. The van der Waals surface area contributed by atoms with Crippen LogP contribution in [0.5, 0.6) is 0 Å². The number of aryl methyl sites for hydroxylation is 1. The number of hydrogen-bond acceptors (Lipinski definition) is 6. The highest BCUT2D eigenvalue weighted by Gasteiger charge is 2.20. The quantitative estimate of drug-likeness (QED) is 0.709. The third kappa shape index (κ3) is 2.68. The molecule has 0 N–H and O–H groups in total. The van der Waals surface area contributed by atoms with Crippen LogP contribution in [0.15, 0.2) is 42.9 Å². The first-order valence-corrected chi connectivity index (χ1v) is 8.21. The predicted octanol–water partition coefficient (Wildman–Crippen LogP) is 1.19. The molecular formula is C14H15N3O5S. The maximum atomic E-state index is 12.1. The highest BCUT2D eigenvalue weighted by Crippen LogP contribution is 2.21. The van der Waals surface area contributed by atoms with E-state index in [1.165, 1.54) is 30.8 Å². The average molecular weight is 337 g/mol. The van der Waals surface area contributed by atoms with E-state index in [4.69, 9.17) is 8.94 Å². The van der Waals surface area contributed by atoms with Gasteiger partial charge in [0, 0.05) is 26.2 Å². The van der Waals surface area contributed by atoms with Crippen molar-refractivity contribution in [3.05, 3.63) is 46.3 Å². The van der Waals surface area contributed by atoms with Crippen molar-refractivity contribution in [1.82, 2.24) is 14.0 Å². The fourth-order valence-corrected chi connectivity index (χ4v) is 3.14. The maximum Gasteiger partial charge on any atom is 0.420 e. The Balaban J connectivity index is 2.09. The summed E-state index contributed by atoms with van der Waals surface area (Å²) in [5.41, 5.74) is 1.28. The lowest BCUT2D eigenvalue weighted by molar-refractivity contribution is 0.388. The molecule has 0 radical (unpaired) electrons. The van der Waals surface area contributed by atoms with Gasteiger partial charge in [-0.1, -0.05) is 5.16 Å². The summed E-state index contributed by atoms with van der Waals surface area (Å²) in [7, 11) is -0.716. The molecule has 0 saturated carbocycles. The van der Waals surface area contributed by atoms with Crippen molar-refractivity contribution in [3.63, 3.8) is 0 Å². The highest BCUT2D eigenvalue weighted by atomic mass is 32.2. The minimum atomic E-state index is -3.59. The minimum absolute atomic E-state index is 0.0631. The van der Waals surface area contributed by atoms with E-state index in [1.807, 2.05) is 0 Å². The zero-order valence-electron chi connectivity index (χ0n) is 12.8. The van der Waals surface area contributed by atoms with Crippen LogP contribution >= 0.6 is 0 Å². The van der Waals surface area contributed by atoms with Crippen molar-refractivity contribution in [3.8, 4) is 0 Å². The molecule has 0 unspecified atom stereocenters. The lowest BCUT2D eigenvalue weighted by atomic mass is 10.3. The van der Waals surface area contributed by atoms with E-state index < -0.39 is 15.8 Å². The summed E-state index contributed by atoms with van der Waals surface area (Å²) in [6.45, 7) is 1.94. The second-order valence-corrected chi connectivity index (χ2v) is 7.45. The van der Waals surface area contributed by atoms with Crippen LogP contribution in [0.25, 0.3) is 11.1 Å². The van der Waals surface area contributed by atoms with E-state index in [0.717, 1.165) is 4.31 Å². The Morgan fingerprint density at radius 1 is 1.26 bits per heavy atom. The molecule has 0 fully saturated rings. The van der Waals surface area contributed by atoms with Gasteiger partial charge in [0.15, 0.2) is 5.58 Å². The van der Waals surface area contributed by atoms with E-state index in [2.05, 4.69) is 5.16 Å². The van der Waals surface area contributed by atoms with Crippen LogP contribution in [-0.2, 0) is 16.6 Å². The monoisotopic (exact) mass is 337 g/mol. The number of fused-ring (bicyclic) bond motifs is 1. The number of hydrogen-bond donors (Lipinski definition) is 0. The number of rotatable bonds is 4. The number of nitrogens with zero attached hydrogens (tertiary/aromatic N) is 3. The van der Waals surface area contributed by atoms with Gasteiger partial charge in [-0.2, -0.15) is 0 Å². The lowest BCUT2D eigenvalue weighted by Gasteiger charge is -2.10. The molecule has 3 aromatic rings. The molecule has 9 heteroatoms. The van der Waals surface area contributed by atoms with Crippen LogP contribution in [-0.4, -0.2) is 36.5 Å². The molecule has 0 amide bonds. The van der Waals surface area contributed by atoms with Crippen LogP contribution in [0.4, 0.5) is 0 Å². The van der Waals surface area contributed by atoms with Gasteiger partial charge in [-0.15, -0.1) is 0 Å². The number of benzene rings is 1. The van der Waals surface area contributed by atoms with Crippen LogP contribution in [0.1, 0.15) is 11.5 Å². The summed E-state index contributed by atoms with van der Waals surface area (Å²) in [5.74, 6) is 0.0558. The molecule has 0 aliphatic heterocycles. The van der Waals surface area contributed by atoms with Crippen LogP contribution in [0, 0.1) is 6.92 Å². The van der Waals surface area contributed by atoms with Crippen molar-refractivity contribution in [1.29, 1.82) is 0 Å². The second-order valence-electron chi connectivity index (χ2n) is 5.30. The van der Waals surface area contributed by atoms with Crippen molar-refractivity contribution in [2.75, 3.05) is 14.1 Å². The number of oxazole rings is 1. The first-order chi connectivity index (χ1) is 10.8. The molecule has 23 heavy (non-hydrogen) atoms. The first kappa shape index (κ1) is 15.5. The molecule has 2 heterocycles. The van der Waals surface area contributed by atoms with Gasteiger partial charge < -0.3 is 8.94 Å². The molecule has 122 valence electrons. The lowest BCUT2D eigenvalue weighted by Crippen LogP contribution is -2.22. The van der Waals surface area contributed by atoms with E-state index in [1.54, 1.807) is 19.1 Å². The summed E-state index contributed by atoms with van der Waals surface area (Å²) in [6, 6.07) is 6.05. The predicted molar refractivity (Wildman–Crippen MR) is 81.7 cm³/mol. The van der Waals surface area contributed by atoms with Crippen LogP contribution < -0.4 is 5.76 Å². The van der Waals surface area contributed by atoms with Gasteiger partial charge in [0.25, 0.3) is 0 Å². The number of aromatic nitrogens is 2. The molecule has 2 aromatic heterocycles. The van der Waals surface area contributed by atoms with Crippen LogP contribution in [0.2, 0.25) is 0 Å². The summed E-state index contributed by atoms with van der Waals surface area (Å²) in [5, 5.41) is 3.84. The third-order valence-corrected chi connectivity index (χ3v) is 5.23. The zero-order chi connectivity index (χ0) is 16.8. The standard InChI is InChI=1S/C14H15N3O5S/c1-9-6-10(15-22-9)8-17-12-5-4-11(23(19,20)16(2)3)7-13(12)21-14(17)18/h4-7H,8H2,1-3H3. The first-order valence-electron chi connectivity index (χ1n) is 6.77. The van der Waals surface area contributed by atoms with Gasteiger partial charge in [-0.3, -0.25) is 4.57 Å². The molecule has 0 aliphatic carbocycles. The summed E-state index contributed by atoms with van der Waals surface area (Å²) >= 11 is 0. The molecule has 0 saturated heterocycles. The Kier molecular flexibility index (Phi) is 3.61. The topological polar surface area (TPSA) is 98.5 Å². The van der Waals surface area contributed by atoms with Crippen molar-refractivity contribution in [2.45, 2.75) is 18.4 Å². The van der Waals surface area contributed by atoms with Crippen molar-refractivity contribution < 1.29 is 17.4 Å². The van der Waals surface area contributed by atoms with Gasteiger partial charge in [0.2, 0.25) is 10.0 Å². The summed E-state index contributed by atoms with van der Waals surface area (Å²) < 4.78 is 36.9. The normalized spacial score (nSPS) is 12.3. The highest BCUT2D eigenvalue weighted by molar-refractivity contribution is 7.89. The van der Waals surface area contributed by atoms with Gasteiger partial charge >= 0.3 is 5.76 Å². The Bertz CT molecular complexity index is 1030. The molecule has 0 bridgehead atoms. The van der Waals surface area contributed by atoms with E-state index in [0.29, 0.717) is 17.0 Å². The van der Waals surface area contributed by atoms with Gasteiger partial charge in [-0.25, -0.2) is 17.5 Å². The number of sulfonamides is 1. The van der Waals surface area contributed by atoms with Gasteiger partial charge in [0.1, 0.15) is 11.5 Å². The minimum Gasteiger partial charge on any atom is -0.408 e. The van der Waals surface area contributed by atoms with Gasteiger partial charge in [-0.05, 0) is 19.1 Å². The largest absolute Gasteiger partial charge is 0.420 e. The SMILES string of the molecule is Cc1cc(Cn2c(=O)oc3cc(S(=O)(=O)N(C)C)ccc32)no1. The molecule has 3 rings (SSSR count). The third-order valence-electron chi connectivity index (χ3n) is 3.42. The summed E-state index contributed by atoms with van der Waals surface area (Å²) in [4.78, 5) is 12.1. The molecule has 1 aromatic carbocycles. The Morgan fingerprint density at radius 2 is 2.00 bits per heavy atom. The van der Waals surface area contributed by atoms with E-state index in [-0.39, 0.29) is 17.0 Å². The average Bonchev–Trinajstić information content (AvgIpc) is 3.02. The van der Waals surface area contributed by atoms with Crippen LogP contribution in [0.3, 0.4) is 0 Å². The van der Waals surface area contributed by atoms with Crippen molar-refractivity contribution >= 4 is 21.1 Å². The molecule has 0 aliphatic rings. The Morgan fingerprint density at radius 3 is 2.61 bits per heavy atom. The van der Waals surface area contributed by atoms with E-state index >= 15 is 0 Å². The van der Waals surface area contributed by atoms with E-state index in [9.17, 15) is 13.2 Å². The maximum absolute atomic E-state index is 12.1. The van der Waals surface area contributed by atoms with Gasteiger partial charge in [0.05, 0.1) is 17.0 Å². The Hall–Kier alpha value is -2.39. The molecular weight excluding hydrogens is 322 g/mol. The smallest absolute Gasteiger partial charge is 0.408 e. The van der Waals surface area contributed by atoms with Crippen molar-refractivity contribution in [2.24, 2.45) is 0 Å². The second kappa shape index (κ2) is 5.36. The molecule has 8 nitrogen and oxygen atoms in total. The molecule has 0 atom stereocenters. The zero-order valence-corrected chi connectivity index (χ0v) is 13.6. The fourth-order valence-electron chi connectivity index (χ4n) is 2.22. The summed E-state index contributed by atoms with van der Waals surface area (Å²) in [6.07, 6.45) is 0. The Labute approximate surface area is 132 Å².